The van der Waals surface area contributed by atoms with Gasteiger partial charge in [0.1, 0.15) is 5.82 Å². The van der Waals surface area contributed by atoms with Crippen LogP contribution < -0.4 is 0 Å². The Kier molecular flexibility index (Phi) is 5.35. The van der Waals surface area contributed by atoms with Gasteiger partial charge in [0.15, 0.2) is 6.10 Å². The molecule has 2 nitrogen and oxygen atoms in total. The molecule has 0 fully saturated rings. The van der Waals surface area contributed by atoms with Gasteiger partial charge < -0.3 is 4.74 Å². The highest BCUT2D eigenvalue weighted by Crippen LogP contribution is 2.16. The van der Waals surface area contributed by atoms with Crippen molar-refractivity contribution in [1.82, 2.24) is 0 Å². The van der Waals surface area contributed by atoms with Gasteiger partial charge in [-0.15, -0.1) is 0 Å². The van der Waals surface area contributed by atoms with Crippen LogP contribution in [-0.4, -0.2) is 5.97 Å². The molecule has 0 bridgehead atoms. The molecule has 0 radical (unpaired) electrons. The first-order valence-corrected chi connectivity index (χ1v) is 6.64. The Balaban J connectivity index is 2.15. The average Bonchev–Trinajstić information content (AvgIpc) is 2.52. The first-order chi connectivity index (χ1) is 10.6. The van der Waals surface area contributed by atoms with E-state index < -0.39 is 12.1 Å². The second-order valence-electron chi connectivity index (χ2n) is 4.43. The van der Waals surface area contributed by atoms with E-state index in [-0.39, 0.29) is 5.82 Å². The first-order valence-electron chi connectivity index (χ1n) is 6.64. The van der Waals surface area contributed by atoms with Crippen molar-refractivity contribution >= 4 is 5.97 Å². The van der Waals surface area contributed by atoms with Gasteiger partial charge in [-0.25, -0.2) is 4.39 Å². The molecule has 0 saturated carbocycles. The number of carbonyl (C=O) groups excluding carboxylic acids is 1. The molecule has 0 aliphatic rings. The van der Waals surface area contributed by atoms with E-state index in [0.29, 0.717) is 5.56 Å². The highest BCUT2D eigenvalue weighted by Gasteiger charge is 2.10. The summed E-state index contributed by atoms with van der Waals surface area (Å²) in [5, 5.41) is 0. The Hall–Kier alpha value is -3.04. The molecule has 0 aromatic heterocycles. The highest BCUT2D eigenvalue weighted by atomic mass is 19.1. The van der Waals surface area contributed by atoms with Crippen LogP contribution in [0.1, 0.15) is 24.2 Å². The number of hydrogen-bond acceptors (Lipinski definition) is 2. The van der Waals surface area contributed by atoms with Crippen molar-refractivity contribution in [2.45, 2.75) is 13.0 Å². The Bertz CT molecular complexity index is 756. The smallest absolute Gasteiger partial charge is 0.304 e. The van der Waals surface area contributed by atoms with E-state index in [2.05, 4.69) is 23.7 Å². The van der Waals surface area contributed by atoms with Gasteiger partial charge in [0.2, 0.25) is 0 Å². The third kappa shape index (κ3) is 4.81. The number of esters is 1. The van der Waals surface area contributed by atoms with Crippen LogP contribution in [0.5, 0.6) is 0 Å². The lowest BCUT2D eigenvalue weighted by Crippen LogP contribution is -2.06. The van der Waals surface area contributed by atoms with Crippen LogP contribution in [-0.2, 0) is 9.53 Å². The predicted molar refractivity (Wildman–Crippen MR) is 82.0 cm³/mol. The maximum absolute atomic E-state index is 12.8. The number of rotatable bonds is 2. The third-order valence-electron chi connectivity index (χ3n) is 2.70. The fraction of sp³-hybridized carbons (Fsp3) is 0.105. The molecule has 22 heavy (non-hydrogen) atoms. The molecule has 0 spiro atoms. The van der Waals surface area contributed by atoms with E-state index in [1.807, 2.05) is 30.3 Å². The Labute approximate surface area is 128 Å². The second-order valence-corrected chi connectivity index (χ2v) is 4.43. The highest BCUT2D eigenvalue weighted by molar-refractivity contribution is 5.66. The molecule has 108 valence electrons. The lowest BCUT2D eigenvalue weighted by Gasteiger charge is -2.10. The normalized spacial score (nSPS) is 10.5. The van der Waals surface area contributed by atoms with Crippen LogP contribution >= 0.6 is 0 Å². The minimum absolute atomic E-state index is 0.310. The first kappa shape index (κ1) is 15.4. The van der Waals surface area contributed by atoms with Crippen molar-refractivity contribution in [2.75, 3.05) is 0 Å². The quantitative estimate of drug-likeness (QED) is 0.625. The van der Waals surface area contributed by atoms with E-state index >= 15 is 0 Å². The maximum atomic E-state index is 12.8. The zero-order valence-electron chi connectivity index (χ0n) is 12.0. The third-order valence-corrected chi connectivity index (χ3v) is 2.70. The summed E-state index contributed by atoms with van der Waals surface area (Å²) in [7, 11) is 0. The van der Waals surface area contributed by atoms with Gasteiger partial charge in [0.25, 0.3) is 0 Å². The maximum Gasteiger partial charge on any atom is 0.304 e. The SMILES string of the molecule is CC(=O)OC(C#CC#Cc1ccc(F)cc1)c1ccccc1. The average molecular weight is 292 g/mol. The molecule has 0 heterocycles. The molecule has 1 atom stereocenters. The molecule has 0 amide bonds. The molecule has 2 rings (SSSR count). The fourth-order valence-corrected chi connectivity index (χ4v) is 1.71. The minimum atomic E-state index is -0.652. The Morgan fingerprint density at radius 1 is 1.05 bits per heavy atom. The van der Waals surface area contributed by atoms with Crippen molar-refractivity contribution < 1.29 is 13.9 Å². The van der Waals surface area contributed by atoms with Crippen molar-refractivity contribution in [2.24, 2.45) is 0 Å². The van der Waals surface area contributed by atoms with Crippen LogP contribution in [0.2, 0.25) is 0 Å². The monoisotopic (exact) mass is 292 g/mol. The molecular formula is C19H13FO2. The lowest BCUT2D eigenvalue weighted by atomic mass is 10.1. The summed E-state index contributed by atoms with van der Waals surface area (Å²) in [6.45, 7) is 1.34. The van der Waals surface area contributed by atoms with Gasteiger partial charge in [-0.05, 0) is 42.0 Å². The second kappa shape index (κ2) is 7.67. The van der Waals surface area contributed by atoms with Crippen LogP contribution in [0.15, 0.2) is 54.6 Å². The van der Waals surface area contributed by atoms with Crippen LogP contribution in [0.3, 0.4) is 0 Å². The number of hydrogen-bond donors (Lipinski definition) is 0. The number of ether oxygens (including phenoxy) is 1. The molecule has 2 aromatic carbocycles. The summed E-state index contributed by atoms with van der Waals surface area (Å²) in [6, 6.07) is 15.0. The number of carbonyl (C=O) groups is 1. The molecule has 1 unspecified atom stereocenters. The van der Waals surface area contributed by atoms with E-state index in [4.69, 9.17) is 4.74 Å². The molecular weight excluding hydrogens is 279 g/mol. The molecule has 0 saturated heterocycles. The zero-order chi connectivity index (χ0) is 15.8. The van der Waals surface area contributed by atoms with Gasteiger partial charge in [-0.3, -0.25) is 4.79 Å². The predicted octanol–water partition coefficient (Wildman–Crippen LogP) is 3.49. The molecule has 2 aromatic rings. The van der Waals surface area contributed by atoms with Crippen molar-refractivity contribution in [3.63, 3.8) is 0 Å². The van der Waals surface area contributed by atoms with E-state index in [0.717, 1.165) is 5.56 Å². The van der Waals surface area contributed by atoms with Gasteiger partial charge in [0.05, 0.1) is 0 Å². The van der Waals surface area contributed by atoms with Crippen LogP contribution in [0, 0.1) is 29.5 Å². The van der Waals surface area contributed by atoms with Crippen molar-refractivity contribution in [3.05, 3.63) is 71.5 Å². The van der Waals surface area contributed by atoms with Gasteiger partial charge in [-0.2, -0.15) is 0 Å². The van der Waals surface area contributed by atoms with Crippen LogP contribution in [0.25, 0.3) is 0 Å². The van der Waals surface area contributed by atoms with Gasteiger partial charge >= 0.3 is 5.97 Å². The topological polar surface area (TPSA) is 26.3 Å². The minimum Gasteiger partial charge on any atom is -0.444 e. The molecule has 0 aliphatic carbocycles. The summed E-state index contributed by atoms with van der Waals surface area (Å²) in [5.74, 6) is 10.2. The standard InChI is InChI=1S/C19H13FO2/c1-15(21)22-19(17-8-3-2-4-9-17)10-6-5-7-16-11-13-18(20)14-12-16/h2-4,8-9,11-14,19H,1H3. The van der Waals surface area contributed by atoms with E-state index in [1.54, 1.807) is 12.1 Å². The van der Waals surface area contributed by atoms with Gasteiger partial charge in [0, 0.05) is 18.1 Å². The molecule has 0 N–H and O–H groups in total. The lowest BCUT2D eigenvalue weighted by molar-refractivity contribution is -0.144. The van der Waals surface area contributed by atoms with E-state index in [1.165, 1.54) is 19.1 Å². The zero-order valence-corrected chi connectivity index (χ0v) is 12.0. The Morgan fingerprint density at radius 2 is 1.73 bits per heavy atom. The van der Waals surface area contributed by atoms with E-state index in [9.17, 15) is 9.18 Å². The van der Waals surface area contributed by atoms with Gasteiger partial charge in [-0.1, -0.05) is 36.3 Å². The van der Waals surface area contributed by atoms with Crippen molar-refractivity contribution in [1.29, 1.82) is 0 Å². The molecule has 0 aliphatic heterocycles. The fourth-order valence-electron chi connectivity index (χ4n) is 1.71. The Morgan fingerprint density at radius 3 is 2.36 bits per heavy atom. The summed E-state index contributed by atoms with van der Waals surface area (Å²) < 4.78 is 17.9. The summed E-state index contributed by atoms with van der Waals surface area (Å²) in [4.78, 5) is 11.2. The number of halogens is 1. The molecule has 3 heteroatoms. The largest absolute Gasteiger partial charge is 0.444 e. The summed E-state index contributed by atoms with van der Waals surface area (Å²) in [5.41, 5.74) is 1.45. The van der Waals surface area contributed by atoms with Crippen molar-refractivity contribution in [3.8, 4) is 23.7 Å². The summed E-state index contributed by atoms with van der Waals surface area (Å²) >= 11 is 0. The number of benzene rings is 2. The summed E-state index contributed by atoms with van der Waals surface area (Å²) in [6.07, 6.45) is -0.652. The van der Waals surface area contributed by atoms with Crippen LogP contribution in [0.4, 0.5) is 4.39 Å².